The van der Waals surface area contributed by atoms with Crippen LogP contribution >= 0.6 is 11.6 Å². The molecule has 0 bridgehead atoms. The van der Waals surface area contributed by atoms with Crippen LogP contribution in [0.2, 0.25) is 5.02 Å². The third kappa shape index (κ3) is 3.43. The quantitative estimate of drug-likeness (QED) is 0.847. The lowest BCUT2D eigenvalue weighted by Crippen LogP contribution is -2.17. The van der Waals surface area contributed by atoms with Crippen molar-refractivity contribution < 1.29 is 22.8 Å². The van der Waals surface area contributed by atoms with Crippen LogP contribution in [0.4, 0.5) is 18.9 Å². The molecule has 2 aromatic rings. The maximum Gasteiger partial charge on any atom is 0.418 e. The molecular weight excluding hydrogens is 309 g/mol. The van der Waals surface area contributed by atoms with Crippen LogP contribution in [-0.4, -0.2) is 17.2 Å². The molecular formula is C13H8ClF3N2O2. The molecule has 2 N–H and O–H groups in total. The first-order valence-electron chi connectivity index (χ1n) is 5.63. The van der Waals surface area contributed by atoms with Crippen LogP contribution in [0.5, 0.6) is 0 Å². The van der Waals surface area contributed by atoms with Gasteiger partial charge in [-0.15, -0.1) is 0 Å². The third-order valence-corrected chi connectivity index (χ3v) is 2.85. The van der Waals surface area contributed by atoms with Crippen LogP contribution in [-0.2, 0) is 6.18 Å². The maximum atomic E-state index is 12.9. The van der Waals surface area contributed by atoms with Gasteiger partial charge in [0.1, 0.15) is 5.69 Å². The number of benzene rings is 1. The van der Waals surface area contributed by atoms with Crippen LogP contribution in [0, 0.1) is 0 Å². The molecule has 0 radical (unpaired) electrons. The van der Waals surface area contributed by atoms with E-state index < -0.39 is 23.3 Å². The minimum Gasteiger partial charge on any atom is -0.348 e. The minimum absolute atomic E-state index is 0.0276. The van der Waals surface area contributed by atoms with E-state index in [2.05, 4.69) is 10.3 Å². The highest BCUT2D eigenvalue weighted by Crippen LogP contribution is 2.36. The molecule has 0 atom stereocenters. The largest absolute Gasteiger partial charge is 0.418 e. The molecule has 8 heteroatoms. The maximum absolute atomic E-state index is 12.9. The average Bonchev–Trinajstić information content (AvgIpc) is 2.88. The minimum atomic E-state index is -4.66. The summed E-state index contributed by atoms with van der Waals surface area (Å²) in [6, 6.07) is 5.66. The molecule has 1 heterocycles. The van der Waals surface area contributed by atoms with E-state index >= 15 is 0 Å². The second kappa shape index (κ2) is 5.61. The van der Waals surface area contributed by atoms with Crippen LogP contribution in [0.25, 0.3) is 0 Å². The second-order valence-electron chi connectivity index (χ2n) is 4.09. The van der Waals surface area contributed by atoms with E-state index in [1.54, 1.807) is 0 Å². The molecule has 1 aromatic heterocycles. The molecule has 0 aliphatic carbocycles. The monoisotopic (exact) mass is 316 g/mol. The molecule has 0 fully saturated rings. The molecule has 0 spiro atoms. The number of aromatic amines is 1. The predicted octanol–water partition coefficient (Wildman–Crippen LogP) is 3.75. The number of alkyl halides is 3. The van der Waals surface area contributed by atoms with Crippen molar-refractivity contribution in [2.24, 2.45) is 0 Å². The summed E-state index contributed by atoms with van der Waals surface area (Å²) in [4.78, 5) is 24.8. The van der Waals surface area contributed by atoms with Gasteiger partial charge in [-0.3, -0.25) is 9.59 Å². The molecule has 1 aromatic carbocycles. The molecule has 0 unspecified atom stereocenters. The van der Waals surface area contributed by atoms with Gasteiger partial charge < -0.3 is 10.3 Å². The van der Waals surface area contributed by atoms with Gasteiger partial charge >= 0.3 is 6.18 Å². The van der Waals surface area contributed by atoms with E-state index in [9.17, 15) is 22.8 Å². The third-order valence-electron chi connectivity index (χ3n) is 2.62. The Hall–Kier alpha value is -2.28. The van der Waals surface area contributed by atoms with E-state index in [0.717, 1.165) is 12.1 Å². The van der Waals surface area contributed by atoms with Crippen molar-refractivity contribution in [3.05, 3.63) is 52.3 Å². The number of aromatic nitrogens is 1. The molecule has 110 valence electrons. The number of anilines is 1. The van der Waals surface area contributed by atoms with Crippen molar-refractivity contribution in [1.82, 2.24) is 4.98 Å². The van der Waals surface area contributed by atoms with Gasteiger partial charge in [0.05, 0.1) is 16.9 Å². The number of carbonyl (C=O) groups excluding carboxylic acids is 2. The summed E-state index contributed by atoms with van der Waals surface area (Å²) in [6.07, 6.45) is -4.17. The van der Waals surface area contributed by atoms with Crippen molar-refractivity contribution in [2.75, 3.05) is 5.32 Å². The van der Waals surface area contributed by atoms with Crippen LogP contribution in [0.1, 0.15) is 26.5 Å². The van der Waals surface area contributed by atoms with Crippen molar-refractivity contribution in [3.63, 3.8) is 0 Å². The smallest absolute Gasteiger partial charge is 0.348 e. The summed E-state index contributed by atoms with van der Waals surface area (Å²) in [5.41, 5.74) is -1.35. The van der Waals surface area contributed by atoms with Gasteiger partial charge in [-0.05, 0) is 30.3 Å². The Labute approximate surface area is 121 Å². The zero-order valence-electron chi connectivity index (χ0n) is 10.3. The van der Waals surface area contributed by atoms with Crippen LogP contribution in [0.15, 0.2) is 30.3 Å². The number of amides is 1. The van der Waals surface area contributed by atoms with E-state index in [-0.39, 0.29) is 16.4 Å². The Bertz CT molecular complexity index is 695. The van der Waals surface area contributed by atoms with Crippen molar-refractivity contribution in [2.45, 2.75) is 6.18 Å². The van der Waals surface area contributed by atoms with Gasteiger partial charge in [0.2, 0.25) is 0 Å². The van der Waals surface area contributed by atoms with Crippen molar-refractivity contribution in [3.8, 4) is 0 Å². The van der Waals surface area contributed by atoms with Gasteiger partial charge in [-0.25, -0.2) is 0 Å². The first-order chi connectivity index (χ1) is 9.81. The molecule has 1 amide bonds. The number of hydrogen-bond donors (Lipinski definition) is 2. The summed E-state index contributed by atoms with van der Waals surface area (Å²) >= 11 is 5.54. The van der Waals surface area contributed by atoms with Gasteiger partial charge in [0.25, 0.3) is 5.91 Å². The standard InChI is InChI=1S/C13H8ClF3N2O2/c14-7-1-3-10(9(5-7)13(15,16)17)19-12(21)11-4-2-8(6-20)18-11/h1-6,18H,(H,19,21). The van der Waals surface area contributed by atoms with E-state index in [1.807, 2.05) is 0 Å². The highest BCUT2D eigenvalue weighted by molar-refractivity contribution is 6.30. The highest BCUT2D eigenvalue weighted by atomic mass is 35.5. The van der Waals surface area contributed by atoms with Crippen LogP contribution in [0.3, 0.4) is 0 Å². The lowest BCUT2D eigenvalue weighted by molar-refractivity contribution is -0.136. The highest BCUT2D eigenvalue weighted by Gasteiger charge is 2.34. The van der Waals surface area contributed by atoms with Gasteiger partial charge in [-0.2, -0.15) is 13.2 Å². The second-order valence-corrected chi connectivity index (χ2v) is 4.52. The van der Waals surface area contributed by atoms with Gasteiger partial charge in [0, 0.05) is 5.02 Å². The van der Waals surface area contributed by atoms with E-state index in [1.165, 1.54) is 18.2 Å². The number of nitrogens with one attached hydrogen (secondary N) is 2. The molecule has 2 rings (SSSR count). The zero-order chi connectivity index (χ0) is 15.6. The number of aldehydes is 1. The first-order valence-corrected chi connectivity index (χ1v) is 6.01. The summed E-state index contributed by atoms with van der Waals surface area (Å²) in [6.45, 7) is 0. The molecule has 21 heavy (non-hydrogen) atoms. The Balaban J connectivity index is 2.31. The van der Waals surface area contributed by atoms with Crippen molar-refractivity contribution in [1.29, 1.82) is 0 Å². The molecule has 0 aliphatic heterocycles. The lowest BCUT2D eigenvalue weighted by atomic mass is 10.1. The fraction of sp³-hybridized carbons (Fsp3) is 0.0769. The van der Waals surface area contributed by atoms with Crippen LogP contribution < -0.4 is 5.32 Å². The van der Waals surface area contributed by atoms with Gasteiger partial charge in [-0.1, -0.05) is 11.6 Å². The summed E-state index contributed by atoms with van der Waals surface area (Å²) in [5, 5.41) is 2.04. The number of halogens is 4. The average molecular weight is 317 g/mol. The van der Waals surface area contributed by atoms with E-state index in [4.69, 9.17) is 11.6 Å². The summed E-state index contributed by atoms with van der Waals surface area (Å²) in [7, 11) is 0. The molecule has 0 saturated carbocycles. The number of H-pyrrole nitrogens is 1. The number of rotatable bonds is 3. The van der Waals surface area contributed by atoms with E-state index in [0.29, 0.717) is 6.29 Å². The van der Waals surface area contributed by atoms with Gasteiger partial charge in [0.15, 0.2) is 6.29 Å². The fourth-order valence-corrected chi connectivity index (χ4v) is 1.83. The Morgan fingerprint density at radius 2 is 1.95 bits per heavy atom. The fourth-order valence-electron chi connectivity index (χ4n) is 1.66. The first kappa shape index (κ1) is 15.1. The lowest BCUT2D eigenvalue weighted by Gasteiger charge is -2.13. The normalized spacial score (nSPS) is 11.2. The Morgan fingerprint density at radius 3 is 2.52 bits per heavy atom. The number of carbonyl (C=O) groups is 2. The molecule has 0 saturated heterocycles. The predicted molar refractivity (Wildman–Crippen MR) is 70.6 cm³/mol. The molecule has 4 nitrogen and oxygen atoms in total. The molecule has 0 aliphatic rings. The number of hydrogen-bond acceptors (Lipinski definition) is 2. The topological polar surface area (TPSA) is 62.0 Å². The Kier molecular flexibility index (Phi) is 4.04. The SMILES string of the molecule is O=Cc1ccc(C(=O)Nc2ccc(Cl)cc2C(F)(F)F)[nH]1. The summed E-state index contributed by atoms with van der Waals surface area (Å²) < 4.78 is 38.6. The Morgan fingerprint density at radius 1 is 1.24 bits per heavy atom. The summed E-state index contributed by atoms with van der Waals surface area (Å²) in [5.74, 6) is -0.795. The van der Waals surface area contributed by atoms with Crippen molar-refractivity contribution >= 4 is 29.5 Å². The zero-order valence-corrected chi connectivity index (χ0v) is 11.0.